The van der Waals surface area contributed by atoms with Crippen molar-refractivity contribution in [3.63, 3.8) is 0 Å². The van der Waals surface area contributed by atoms with E-state index in [1.54, 1.807) is 23.1 Å². The number of amides is 2. The molecule has 35 heavy (non-hydrogen) atoms. The summed E-state index contributed by atoms with van der Waals surface area (Å²) in [5.74, 6) is -0.816. The summed E-state index contributed by atoms with van der Waals surface area (Å²) in [7, 11) is 0. The van der Waals surface area contributed by atoms with E-state index >= 15 is 0 Å². The lowest BCUT2D eigenvalue weighted by Gasteiger charge is -2.33. The molecule has 1 saturated carbocycles. The molecule has 0 heterocycles. The Morgan fingerprint density at radius 3 is 2.23 bits per heavy atom. The molecule has 1 atom stereocenters. The summed E-state index contributed by atoms with van der Waals surface area (Å²) in [6.45, 7) is 2.29. The zero-order valence-electron chi connectivity index (χ0n) is 20.3. The lowest BCUT2D eigenvalue weighted by Crippen LogP contribution is -2.52. The summed E-state index contributed by atoms with van der Waals surface area (Å²) in [6, 6.07) is 23.4. The van der Waals surface area contributed by atoms with Crippen molar-refractivity contribution in [3.05, 3.63) is 107 Å². The van der Waals surface area contributed by atoms with E-state index in [4.69, 9.17) is 0 Å². The van der Waals surface area contributed by atoms with Crippen LogP contribution in [0.2, 0.25) is 0 Å². The van der Waals surface area contributed by atoms with Crippen LogP contribution in [-0.4, -0.2) is 28.8 Å². The van der Waals surface area contributed by atoms with Crippen molar-refractivity contribution < 1.29 is 14.0 Å². The van der Waals surface area contributed by atoms with Gasteiger partial charge in [0.05, 0.1) is 6.42 Å². The highest BCUT2D eigenvalue weighted by Crippen LogP contribution is 2.21. The number of hydrogen-bond acceptors (Lipinski definition) is 2. The quantitative estimate of drug-likeness (QED) is 0.455. The zero-order chi connectivity index (χ0) is 24.6. The Morgan fingerprint density at radius 1 is 0.914 bits per heavy atom. The molecule has 4 nitrogen and oxygen atoms in total. The van der Waals surface area contributed by atoms with Gasteiger partial charge in [0.15, 0.2) is 0 Å². The van der Waals surface area contributed by atoms with E-state index < -0.39 is 11.9 Å². The van der Waals surface area contributed by atoms with Crippen LogP contribution in [-0.2, 0) is 29.0 Å². The van der Waals surface area contributed by atoms with E-state index in [1.165, 1.54) is 6.07 Å². The Bertz CT molecular complexity index is 1140. The van der Waals surface area contributed by atoms with Crippen molar-refractivity contribution in [1.29, 1.82) is 0 Å². The van der Waals surface area contributed by atoms with Gasteiger partial charge in [-0.05, 0) is 48.1 Å². The predicted octanol–water partition coefficient (Wildman–Crippen LogP) is 5.38. The van der Waals surface area contributed by atoms with Crippen molar-refractivity contribution in [3.8, 4) is 0 Å². The van der Waals surface area contributed by atoms with Crippen LogP contribution < -0.4 is 5.32 Å². The molecule has 0 bridgehead atoms. The van der Waals surface area contributed by atoms with Crippen LogP contribution in [0.3, 0.4) is 0 Å². The van der Waals surface area contributed by atoms with Gasteiger partial charge in [0.25, 0.3) is 0 Å². The van der Waals surface area contributed by atoms with E-state index in [-0.39, 0.29) is 30.8 Å². The Labute approximate surface area is 207 Å². The molecule has 1 aliphatic rings. The molecule has 0 saturated heterocycles. The third-order valence-electron chi connectivity index (χ3n) is 6.87. The smallest absolute Gasteiger partial charge is 0.243 e. The van der Waals surface area contributed by atoms with Gasteiger partial charge in [0.2, 0.25) is 11.8 Å². The number of rotatable bonds is 9. The van der Waals surface area contributed by atoms with Gasteiger partial charge < -0.3 is 10.2 Å². The number of benzene rings is 3. The molecule has 3 aromatic carbocycles. The molecule has 4 rings (SSSR count). The molecular formula is C30H33FN2O2. The first-order chi connectivity index (χ1) is 17.0. The fourth-order valence-electron chi connectivity index (χ4n) is 4.80. The van der Waals surface area contributed by atoms with E-state index in [2.05, 4.69) is 5.32 Å². The molecule has 0 aliphatic heterocycles. The van der Waals surface area contributed by atoms with Crippen molar-refractivity contribution in [2.75, 3.05) is 0 Å². The fourth-order valence-corrected chi connectivity index (χ4v) is 4.80. The Kier molecular flexibility index (Phi) is 8.30. The van der Waals surface area contributed by atoms with Gasteiger partial charge in [0, 0.05) is 19.0 Å². The SMILES string of the molecule is Cc1ccccc1CN(C(=O)Cc1ccccc1F)[C@@H](Cc1ccccc1)C(=O)NC1CCCC1. The van der Waals surface area contributed by atoms with Crippen LogP contribution in [0.4, 0.5) is 4.39 Å². The van der Waals surface area contributed by atoms with Crippen molar-refractivity contribution in [2.24, 2.45) is 0 Å². The van der Waals surface area contributed by atoms with E-state index in [0.29, 0.717) is 12.0 Å². The van der Waals surface area contributed by atoms with Gasteiger partial charge in [-0.15, -0.1) is 0 Å². The van der Waals surface area contributed by atoms with Crippen LogP contribution in [0.15, 0.2) is 78.9 Å². The van der Waals surface area contributed by atoms with Gasteiger partial charge in [-0.25, -0.2) is 4.39 Å². The molecule has 3 aromatic rings. The number of carbonyl (C=O) groups is 2. The molecule has 0 unspecified atom stereocenters. The summed E-state index contributed by atoms with van der Waals surface area (Å²) in [5.41, 5.74) is 3.33. The largest absolute Gasteiger partial charge is 0.352 e. The average molecular weight is 473 g/mol. The Morgan fingerprint density at radius 2 is 1.54 bits per heavy atom. The number of carbonyl (C=O) groups excluding carboxylic acids is 2. The standard InChI is InChI=1S/C30H33FN2O2/c1-22-11-5-6-15-25(22)21-33(29(34)20-24-14-7-10-18-27(24)31)28(19-23-12-3-2-4-13-23)30(35)32-26-16-8-9-17-26/h2-7,10-15,18,26,28H,8-9,16-17,19-21H2,1H3,(H,32,35)/t28-/m0/s1. The van der Waals surface area contributed by atoms with Crippen LogP contribution >= 0.6 is 0 Å². The van der Waals surface area contributed by atoms with Crippen molar-refractivity contribution in [1.82, 2.24) is 10.2 Å². The first-order valence-corrected chi connectivity index (χ1v) is 12.4. The monoisotopic (exact) mass is 472 g/mol. The minimum absolute atomic E-state index is 0.0967. The summed E-state index contributed by atoms with van der Waals surface area (Å²) in [6.07, 6.45) is 4.44. The maximum absolute atomic E-state index is 14.4. The first kappa shape index (κ1) is 24.6. The second-order valence-corrected chi connectivity index (χ2v) is 9.41. The first-order valence-electron chi connectivity index (χ1n) is 12.4. The minimum Gasteiger partial charge on any atom is -0.352 e. The summed E-state index contributed by atoms with van der Waals surface area (Å²) in [5, 5.41) is 3.20. The lowest BCUT2D eigenvalue weighted by atomic mass is 10.00. The Hall–Kier alpha value is -3.47. The Balaban J connectivity index is 1.68. The molecule has 0 spiro atoms. The van der Waals surface area contributed by atoms with E-state index in [0.717, 1.165) is 42.4 Å². The molecule has 1 aliphatic carbocycles. The fraction of sp³-hybridized carbons (Fsp3) is 0.333. The van der Waals surface area contributed by atoms with Crippen molar-refractivity contribution in [2.45, 2.75) is 64.1 Å². The van der Waals surface area contributed by atoms with Crippen LogP contribution in [0.1, 0.15) is 47.9 Å². The number of nitrogens with zero attached hydrogens (tertiary/aromatic N) is 1. The number of aryl methyl sites for hydroxylation is 1. The second kappa shape index (κ2) is 11.8. The van der Waals surface area contributed by atoms with E-state index in [1.807, 2.05) is 61.5 Å². The predicted molar refractivity (Wildman–Crippen MR) is 136 cm³/mol. The third kappa shape index (κ3) is 6.56. The van der Waals surface area contributed by atoms with Gasteiger partial charge in [-0.2, -0.15) is 0 Å². The highest BCUT2D eigenvalue weighted by atomic mass is 19.1. The normalized spacial score (nSPS) is 14.5. The highest BCUT2D eigenvalue weighted by Gasteiger charge is 2.32. The molecule has 5 heteroatoms. The van der Waals surface area contributed by atoms with Crippen LogP contribution in [0.5, 0.6) is 0 Å². The molecule has 0 aromatic heterocycles. The van der Waals surface area contributed by atoms with Crippen LogP contribution in [0, 0.1) is 12.7 Å². The number of halogens is 1. The number of hydrogen-bond donors (Lipinski definition) is 1. The van der Waals surface area contributed by atoms with Gasteiger partial charge in [0.1, 0.15) is 11.9 Å². The average Bonchev–Trinajstić information content (AvgIpc) is 3.37. The highest BCUT2D eigenvalue weighted by molar-refractivity contribution is 5.89. The zero-order valence-corrected chi connectivity index (χ0v) is 20.3. The van der Waals surface area contributed by atoms with E-state index in [9.17, 15) is 14.0 Å². The maximum atomic E-state index is 14.4. The van der Waals surface area contributed by atoms with Crippen molar-refractivity contribution >= 4 is 11.8 Å². The lowest BCUT2D eigenvalue weighted by molar-refractivity contribution is -0.141. The third-order valence-corrected chi connectivity index (χ3v) is 6.87. The molecule has 0 radical (unpaired) electrons. The molecule has 1 fully saturated rings. The topological polar surface area (TPSA) is 49.4 Å². The molecule has 182 valence electrons. The minimum atomic E-state index is -0.697. The molecular weight excluding hydrogens is 439 g/mol. The van der Waals surface area contributed by atoms with Gasteiger partial charge >= 0.3 is 0 Å². The molecule has 1 N–H and O–H groups in total. The second-order valence-electron chi connectivity index (χ2n) is 9.41. The number of nitrogens with one attached hydrogen (secondary N) is 1. The van der Waals surface area contributed by atoms with Gasteiger partial charge in [-0.3, -0.25) is 9.59 Å². The summed E-state index contributed by atoms with van der Waals surface area (Å²) >= 11 is 0. The molecule has 2 amide bonds. The van der Waals surface area contributed by atoms with Gasteiger partial charge in [-0.1, -0.05) is 85.6 Å². The summed E-state index contributed by atoms with van der Waals surface area (Å²) < 4.78 is 14.4. The summed E-state index contributed by atoms with van der Waals surface area (Å²) in [4.78, 5) is 29.0. The maximum Gasteiger partial charge on any atom is 0.243 e. The van der Waals surface area contributed by atoms with Crippen LogP contribution in [0.25, 0.3) is 0 Å².